The molecule has 1 amide bonds. The van der Waals surface area contributed by atoms with E-state index >= 15 is 0 Å². The summed E-state index contributed by atoms with van der Waals surface area (Å²) in [6.07, 6.45) is 0. The smallest absolute Gasteiger partial charge is 0.230 e. The number of nitrogens with one attached hydrogen (secondary N) is 1. The fourth-order valence-corrected chi connectivity index (χ4v) is 3.11. The maximum absolute atomic E-state index is 12.0. The Kier molecular flexibility index (Phi) is 7.49. The van der Waals surface area contributed by atoms with E-state index in [2.05, 4.69) is 5.32 Å². The highest BCUT2D eigenvalue weighted by molar-refractivity contribution is 7.99. The van der Waals surface area contributed by atoms with E-state index in [1.54, 1.807) is 18.9 Å². The second kappa shape index (κ2) is 9.88. The van der Waals surface area contributed by atoms with Crippen LogP contribution in [0.1, 0.15) is 18.1 Å². The number of amides is 1. The molecule has 2 aromatic rings. The lowest BCUT2D eigenvalue weighted by Crippen LogP contribution is -2.24. The van der Waals surface area contributed by atoms with Gasteiger partial charge in [-0.05, 0) is 19.1 Å². The number of ether oxygens (including phenoxy) is 2. The molecule has 4 nitrogen and oxygen atoms in total. The quantitative estimate of drug-likeness (QED) is 0.754. The molecule has 0 radical (unpaired) electrons. The van der Waals surface area contributed by atoms with E-state index in [9.17, 15) is 4.79 Å². The molecule has 0 aliphatic rings. The summed E-state index contributed by atoms with van der Waals surface area (Å²) in [4.78, 5) is 12.0. The molecule has 2 aromatic carbocycles. The number of benzene rings is 2. The maximum Gasteiger partial charge on any atom is 0.230 e. The zero-order chi connectivity index (χ0) is 17.2. The van der Waals surface area contributed by atoms with Crippen molar-refractivity contribution in [1.29, 1.82) is 0 Å². The lowest BCUT2D eigenvalue weighted by atomic mass is 10.2. The van der Waals surface area contributed by atoms with Gasteiger partial charge in [-0.2, -0.15) is 0 Å². The van der Waals surface area contributed by atoms with Gasteiger partial charge in [0.25, 0.3) is 0 Å². The van der Waals surface area contributed by atoms with Gasteiger partial charge in [0.05, 0.1) is 19.5 Å². The summed E-state index contributed by atoms with van der Waals surface area (Å²) in [6, 6.07) is 15.6. The molecule has 0 aliphatic heterocycles. The van der Waals surface area contributed by atoms with Gasteiger partial charge < -0.3 is 14.8 Å². The number of thioether (sulfide) groups is 1. The Bertz CT molecular complexity index is 661. The van der Waals surface area contributed by atoms with Gasteiger partial charge in [0, 0.05) is 23.4 Å². The number of para-hydroxylation sites is 2. The fraction of sp³-hybridized carbons (Fsp3) is 0.316. The van der Waals surface area contributed by atoms with Crippen LogP contribution < -0.4 is 14.8 Å². The number of carbonyl (C=O) groups is 1. The molecular formula is C19H23NO3S. The lowest BCUT2D eigenvalue weighted by Gasteiger charge is -2.11. The van der Waals surface area contributed by atoms with E-state index < -0.39 is 0 Å². The van der Waals surface area contributed by atoms with Crippen molar-refractivity contribution in [2.45, 2.75) is 19.2 Å². The Labute approximate surface area is 147 Å². The zero-order valence-corrected chi connectivity index (χ0v) is 14.9. The Morgan fingerprint density at radius 1 is 1.04 bits per heavy atom. The van der Waals surface area contributed by atoms with Crippen molar-refractivity contribution in [3.05, 3.63) is 59.7 Å². The average Bonchev–Trinajstić information content (AvgIpc) is 2.62. The first kappa shape index (κ1) is 18.2. The van der Waals surface area contributed by atoms with Crippen LogP contribution in [-0.2, 0) is 17.1 Å². The van der Waals surface area contributed by atoms with Crippen LogP contribution in [0.5, 0.6) is 11.5 Å². The third kappa shape index (κ3) is 5.49. The number of rotatable bonds is 9. The maximum atomic E-state index is 12.0. The average molecular weight is 345 g/mol. The van der Waals surface area contributed by atoms with Crippen LogP contribution in [-0.4, -0.2) is 25.4 Å². The second-order valence-corrected chi connectivity index (χ2v) is 6.11. The first-order valence-electron chi connectivity index (χ1n) is 7.91. The first-order chi connectivity index (χ1) is 11.7. The molecule has 0 heterocycles. The zero-order valence-electron chi connectivity index (χ0n) is 14.1. The highest BCUT2D eigenvalue weighted by Gasteiger charge is 2.07. The van der Waals surface area contributed by atoms with Crippen LogP contribution in [0.3, 0.4) is 0 Å². The van der Waals surface area contributed by atoms with Gasteiger partial charge in [0.15, 0.2) is 0 Å². The van der Waals surface area contributed by atoms with Crippen LogP contribution in [0, 0.1) is 0 Å². The van der Waals surface area contributed by atoms with Gasteiger partial charge in [-0.15, -0.1) is 11.8 Å². The predicted octanol–water partition coefficient (Wildman–Crippen LogP) is 3.64. The van der Waals surface area contributed by atoms with Gasteiger partial charge in [-0.25, -0.2) is 0 Å². The molecule has 0 atom stereocenters. The van der Waals surface area contributed by atoms with Gasteiger partial charge in [-0.1, -0.05) is 36.4 Å². The van der Waals surface area contributed by atoms with Crippen LogP contribution in [0.25, 0.3) is 0 Å². The third-order valence-corrected chi connectivity index (χ3v) is 4.41. The molecule has 5 heteroatoms. The molecule has 128 valence electrons. The predicted molar refractivity (Wildman–Crippen MR) is 98.6 cm³/mol. The summed E-state index contributed by atoms with van der Waals surface area (Å²) in [5, 5.41) is 2.93. The number of methoxy groups -OCH3 is 1. The highest BCUT2D eigenvalue weighted by Crippen LogP contribution is 2.23. The van der Waals surface area contributed by atoms with Crippen molar-refractivity contribution < 1.29 is 14.3 Å². The Hall–Kier alpha value is -2.14. The molecule has 0 aromatic heterocycles. The Morgan fingerprint density at radius 3 is 2.42 bits per heavy atom. The van der Waals surface area contributed by atoms with E-state index in [4.69, 9.17) is 9.47 Å². The molecule has 0 fully saturated rings. The van der Waals surface area contributed by atoms with E-state index in [1.807, 2.05) is 55.5 Å². The Balaban J connectivity index is 1.78. The standard InChI is InChI=1S/C19H23NO3S/c1-3-23-18-11-7-5-9-16(18)13-24-14-19(21)20-12-15-8-4-6-10-17(15)22-2/h4-11H,3,12-14H2,1-2H3,(H,20,21). The van der Waals surface area contributed by atoms with E-state index in [-0.39, 0.29) is 5.91 Å². The highest BCUT2D eigenvalue weighted by atomic mass is 32.2. The van der Waals surface area contributed by atoms with Crippen LogP contribution in [0.4, 0.5) is 0 Å². The first-order valence-corrected chi connectivity index (χ1v) is 9.07. The van der Waals surface area contributed by atoms with Crippen LogP contribution in [0.2, 0.25) is 0 Å². The minimum Gasteiger partial charge on any atom is -0.496 e. The normalized spacial score (nSPS) is 10.2. The summed E-state index contributed by atoms with van der Waals surface area (Å²) in [6.45, 7) is 3.08. The molecule has 0 unspecified atom stereocenters. The molecule has 24 heavy (non-hydrogen) atoms. The SMILES string of the molecule is CCOc1ccccc1CSCC(=O)NCc1ccccc1OC. The summed E-state index contributed by atoms with van der Waals surface area (Å²) in [7, 11) is 1.63. The second-order valence-electron chi connectivity index (χ2n) is 5.12. The number of carbonyl (C=O) groups excluding carboxylic acids is 1. The Morgan fingerprint density at radius 2 is 1.71 bits per heavy atom. The van der Waals surface area contributed by atoms with Crippen molar-refractivity contribution >= 4 is 17.7 Å². The van der Waals surface area contributed by atoms with Gasteiger partial charge >= 0.3 is 0 Å². The summed E-state index contributed by atoms with van der Waals surface area (Å²) in [5.74, 6) is 2.85. The molecule has 2 rings (SSSR count). The third-order valence-electron chi connectivity index (χ3n) is 3.43. The van der Waals surface area contributed by atoms with Crippen LogP contribution in [0.15, 0.2) is 48.5 Å². The number of hydrogen-bond acceptors (Lipinski definition) is 4. The van der Waals surface area contributed by atoms with Crippen molar-refractivity contribution in [2.75, 3.05) is 19.5 Å². The van der Waals surface area contributed by atoms with Gasteiger partial charge in [0.2, 0.25) is 5.91 Å². The topological polar surface area (TPSA) is 47.6 Å². The van der Waals surface area contributed by atoms with Gasteiger partial charge in [-0.3, -0.25) is 4.79 Å². The summed E-state index contributed by atoms with van der Waals surface area (Å²) in [5.41, 5.74) is 2.09. The van der Waals surface area contributed by atoms with Gasteiger partial charge in [0.1, 0.15) is 11.5 Å². The van der Waals surface area contributed by atoms with Crippen molar-refractivity contribution in [2.24, 2.45) is 0 Å². The summed E-state index contributed by atoms with van der Waals surface area (Å²) >= 11 is 1.58. The van der Waals surface area contributed by atoms with Crippen molar-refractivity contribution in [3.63, 3.8) is 0 Å². The van der Waals surface area contributed by atoms with E-state index in [0.717, 1.165) is 28.4 Å². The monoisotopic (exact) mass is 345 g/mol. The summed E-state index contributed by atoms with van der Waals surface area (Å²) < 4.78 is 10.9. The van der Waals surface area contributed by atoms with E-state index in [1.165, 1.54) is 0 Å². The van der Waals surface area contributed by atoms with E-state index in [0.29, 0.717) is 18.9 Å². The number of hydrogen-bond donors (Lipinski definition) is 1. The molecule has 0 saturated carbocycles. The molecule has 0 aliphatic carbocycles. The minimum absolute atomic E-state index is 0.0137. The molecule has 1 N–H and O–H groups in total. The molecule has 0 saturated heterocycles. The molecule has 0 spiro atoms. The lowest BCUT2D eigenvalue weighted by molar-refractivity contribution is -0.118. The largest absolute Gasteiger partial charge is 0.496 e. The fourth-order valence-electron chi connectivity index (χ4n) is 2.27. The minimum atomic E-state index is 0.0137. The molecule has 0 bridgehead atoms. The van der Waals surface area contributed by atoms with Crippen molar-refractivity contribution in [1.82, 2.24) is 5.32 Å². The van der Waals surface area contributed by atoms with Crippen molar-refractivity contribution in [3.8, 4) is 11.5 Å². The van der Waals surface area contributed by atoms with Crippen LogP contribution >= 0.6 is 11.8 Å². The molecular weight excluding hydrogens is 322 g/mol.